The Hall–Kier alpha value is -2.34. The summed E-state index contributed by atoms with van der Waals surface area (Å²) < 4.78 is 27.8. The maximum absolute atomic E-state index is 12.6. The van der Waals surface area contributed by atoms with Crippen molar-refractivity contribution in [3.63, 3.8) is 0 Å². The molecule has 5 nitrogen and oxygen atoms in total. The van der Waals surface area contributed by atoms with Gasteiger partial charge in [0.1, 0.15) is 0 Å². The van der Waals surface area contributed by atoms with E-state index in [4.69, 9.17) is 0 Å². The zero-order valence-corrected chi connectivity index (χ0v) is 16.5. The van der Waals surface area contributed by atoms with Crippen LogP contribution in [0.5, 0.6) is 0 Å². The van der Waals surface area contributed by atoms with Crippen LogP contribution in [0.3, 0.4) is 0 Å². The lowest BCUT2D eigenvalue weighted by Crippen LogP contribution is -2.32. The van der Waals surface area contributed by atoms with Crippen LogP contribution >= 0.6 is 0 Å². The highest BCUT2D eigenvalue weighted by Gasteiger charge is 2.17. The van der Waals surface area contributed by atoms with Crippen LogP contribution in [0.2, 0.25) is 0 Å². The minimum absolute atomic E-state index is 0.0708. The monoisotopic (exact) mass is 374 g/mol. The van der Waals surface area contributed by atoms with E-state index in [2.05, 4.69) is 17.0 Å². The van der Waals surface area contributed by atoms with Gasteiger partial charge in [0, 0.05) is 11.6 Å². The fraction of sp³-hybridized carbons (Fsp3) is 0.350. The van der Waals surface area contributed by atoms with Crippen LogP contribution in [-0.4, -0.2) is 20.4 Å². The first-order valence-electron chi connectivity index (χ1n) is 8.74. The maximum atomic E-state index is 12.6. The third-order valence-electron chi connectivity index (χ3n) is 4.17. The highest BCUT2D eigenvalue weighted by molar-refractivity contribution is 7.92. The number of anilines is 1. The SMILES string of the molecule is CCC[C@H](C)NC(=O)c1ccc(C)c(NS(=O)(=O)c2ccc(C)cc2)c1. The quantitative estimate of drug-likeness (QED) is 0.768. The molecule has 6 heteroatoms. The number of rotatable bonds is 7. The predicted octanol–water partition coefficient (Wildman–Crippen LogP) is 4.02. The molecule has 0 radical (unpaired) electrons. The molecule has 0 heterocycles. The van der Waals surface area contributed by atoms with Gasteiger partial charge in [-0.05, 0) is 57.0 Å². The van der Waals surface area contributed by atoms with Crippen molar-refractivity contribution in [1.82, 2.24) is 5.32 Å². The normalized spacial score (nSPS) is 12.5. The largest absolute Gasteiger partial charge is 0.350 e. The van der Waals surface area contributed by atoms with Gasteiger partial charge in [0.05, 0.1) is 10.6 Å². The van der Waals surface area contributed by atoms with Crippen molar-refractivity contribution in [2.45, 2.75) is 51.5 Å². The number of hydrogen-bond donors (Lipinski definition) is 2. The first-order valence-corrected chi connectivity index (χ1v) is 10.2. The summed E-state index contributed by atoms with van der Waals surface area (Å²) in [6.45, 7) is 7.72. The molecule has 2 N–H and O–H groups in total. The fourth-order valence-corrected chi connectivity index (χ4v) is 3.73. The summed E-state index contributed by atoms with van der Waals surface area (Å²) in [4.78, 5) is 12.6. The molecule has 0 fully saturated rings. The molecular formula is C20H26N2O3S. The summed E-state index contributed by atoms with van der Waals surface area (Å²) in [7, 11) is -3.71. The van der Waals surface area contributed by atoms with E-state index in [1.54, 1.807) is 49.4 Å². The van der Waals surface area contributed by atoms with E-state index in [9.17, 15) is 13.2 Å². The van der Waals surface area contributed by atoms with Crippen molar-refractivity contribution in [2.24, 2.45) is 0 Å². The van der Waals surface area contributed by atoms with E-state index < -0.39 is 10.0 Å². The molecule has 0 aliphatic heterocycles. The van der Waals surface area contributed by atoms with Crippen molar-refractivity contribution in [1.29, 1.82) is 0 Å². The lowest BCUT2D eigenvalue weighted by molar-refractivity contribution is 0.0938. The van der Waals surface area contributed by atoms with Crippen molar-refractivity contribution in [3.05, 3.63) is 59.2 Å². The minimum Gasteiger partial charge on any atom is -0.350 e. The number of benzene rings is 2. The molecule has 0 aromatic heterocycles. The minimum atomic E-state index is -3.71. The number of carbonyl (C=O) groups excluding carboxylic acids is 1. The third-order valence-corrected chi connectivity index (χ3v) is 5.56. The highest BCUT2D eigenvalue weighted by atomic mass is 32.2. The van der Waals surface area contributed by atoms with Gasteiger partial charge in [-0.3, -0.25) is 9.52 Å². The molecule has 2 rings (SSSR count). The average Bonchev–Trinajstić information content (AvgIpc) is 2.57. The van der Waals surface area contributed by atoms with Crippen molar-refractivity contribution >= 4 is 21.6 Å². The molecule has 0 spiro atoms. The number of hydrogen-bond acceptors (Lipinski definition) is 3. The summed E-state index contributed by atoms with van der Waals surface area (Å²) in [5, 5.41) is 2.93. The first kappa shape index (κ1) is 20.0. The molecule has 1 amide bonds. The number of carbonyl (C=O) groups is 1. The molecule has 0 bridgehead atoms. The number of nitrogens with one attached hydrogen (secondary N) is 2. The second-order valence-electron chi connectivity index (χ2n) is 6.61. The zero-order chi connectivity index (χ0) is 19.3. The summed E-state index contributed by atoms with van der Waals surface area (Å²) in [5.41, 5.74) is 2.57. The number of amides is 1. The Kier molecular flexibility index (Phi) is 6.42. The predicted molar refractivity (Wildman–Crippen MR) is 105 cm³/mol. The molecule has 2 aromatic carbocycles. The smallest absolute Gasteiger partial charge is 0.261 e. The van der Waals surface area contributed by atoms with Gasteiger partial charge in [-0.1, -0.05) is 37.1 Å². The molecule has 0 aliphatic carbocycles. The Balaban J connectivity index is 2.24. The van der Waals surface area contributed by atoms with Gasteiger partial charge in [-0.15, -0.1) is 0 Å². The summed E-state index contributed by atoms with van der Waals surface area (Å²) >= 11 is 0. The number of aryl methyl sites for hydroxylation is 2. The highest BCUT2D eigenvalue weighted by Crippen LogP contribution is 2.22. The Morgan fingerprint density at radius 3 is 2.35 bits per heavy atom. The van der Waals surface area contributed by atoms with Gasteiger partial charge in [-0.25, -0.2) is 8.42 Å². The fourth-order valence-electron chi connectivity index (χ4n) is 2.61. The molecule has 0 aliphatic rings. The van der Waals surface area contributed by atoms with Crippen LogP contribution in [0.25, 0.3) is 0 Å². The van der Waals surface area contributed by atoms with E-state index in [1.807, 2.05) is 13.8 Å². The lowest BCUT2D eigenvalue weighted by Gasteiger charge is -2.15. The van der Waals surface area contributed by atoms with E-state index in [-0.39, 0.29) is 16.8 Å². The number of sulfonamides is 1. The third kappa shape index (κ3) is 5.08. The first-order chi connectivity index (χ1) is 12.2. The second kappa shape index (κ2) is 8.36. The van der Waals surface area contributed by atoms with Gasteiger partial charge in [0.25, 0.3) is 15.9 Å². The molecular weight excluding hydrogens is 348 g/mol. The van der Waals surface area contributed by atoms with Crippen LogP contribution in [0.1, 0.15) is 48.2 Å². The van der Waals surface area contributed by atoms with Crippen LogP contribution in [0.15, 0.2) is 47.4 Å². The van der Waals surface area contributed by atoms with Gasteiger partial charge in [0.15, 0.2) is 0 Å². The topological polar surface area (TPSA) is 75.3 Å². The van der Waals surface area contributed by atoms with Crippen LogP contribution < -0.4 is 10.0 Å². The van der Waals surface area contributed by atoms with Crippen molar-refractivity contribution < 1.29 is 13.2 Å². The van der Waals surface area contributed by atoms with Gasteiger partial charge < -0.3 is 5.32 Å². The van der Waals surface area contributed by atoms with E-state index in [1.165, 1.54) is 0 Å². The Bertz CT molecular complexity index is 874. The van der Waals surface area contributed by atoms with Crippen molar-refractivity contribution in [2.75, 3.05) is 4.72 Å². The zero-order valence-electron chi connectivity index (χ0n) is 15.7. The van der Waals surface area contributed by atoms with Crippen LogP contribution in [-0.2, 0) is 10.0 Å². The Labute approximate surface area is 155 Å². The molecule has 140 valence electrons. The lowest BCUT2D eigenvalue weighted by atomic mass is 10.1. The summed E-state index contributed by atoms with van der Waals surface area (Å²) in [6.07, 6.45) is 1.88. The maximum Gasteiger partial charge on any atom is 0.261 e. The van der Waals surface area contributed by atoms with Gasteiger partial charge in [0.2, 0.25) is 0 Å². The molecule has 0 saturated carbocycles. The van der Waals surface area contributed by atoms with E-state index >= 15 is 0 Å². The van der Waals surface area contributed by atoms with Gasteiger partial charge >= 0.3 is 0 Å². The molecule has 2 aromatic rings. The summed E-state index contributed by atoms with van der Waals surface area (Å²) in [5.74, 6) is -0.207. The summed E-state index contributed by atoms with van der Waals surface area (Å²) in [6, 6.07) is 11.7. The second-order valence-corrected chi connectivity index (χ2v) is 8.29. The molecule has 26 heavy (non-hydrogen) atoms. The van der Waals surface area contributed by atoms with Crippen LogP contribution in [0, 0.1) is 13.8 Å². The average molecular weight is 375 g/mol. The van der Waals surface area contributed by atoms with E-state index in [0.29, 0.717) is 11.3 Å². The molecule has 0 unspecified atom stereocenters. The molecule has 0 saturated heterocycles. The molecule has 1 atom stereocenters. The van der Waals surface area contributed by atoms with Crippen molar-refractivity contribution in [3.8, 4) is 0 Å². The Morgan fingerprint density at radius 2 is 1.73 bits per heavy atom. The standard InChI is InChI=1S/C20H26N2O3S/c1-5-6-16(4)21-20(23)17-10-9-15(3)19(13-17)22-26(24,25)18-11-7-14(2)8-12-18/h7-13,16,22H,5-6H2,1-4H3,(H,21,23)/t16-/m0/s1. The van der Waals surface area contributed by atoms with Gasteiger partial charge in [-0.2, -0.15) is 0 Å². The van der Waals surface area contributed by atoms with Crippen LogP contribution in [0.4, 0.5) is 5.69 Å². The Morgan fingerprint density at radius 1 is 1.08 bits per heavy atom. The van der Waals surface area contributed by atoms with E-state index in [0.717, 1.165) is 24.0 Å².